The average Bonchev–Trinajstić information content (AvgIpc) is 2.18. The molecule has 1 aromatic rings. The van der Waals surface area contributed by atoms with Crippen LogP contribution in [0.5, 0.6) is 0 Å². The van der Waals surface area contributed by atoms with Crippen molar-refractivity contribution in [3.05, 3.63) is 29.8 Å². The van der Waals surface area contributed by atoms with E-state index in [-0.39, 0.29) is 11.7 Å². The minimum absolute atomic E-state index is 0.0897. The molecule has 3 nitrogen and oxygen atoms in total. The summed E-state index contributed by atoms with van der Waals surface area (Å²) in [7, 11) is 0. The summed E-state index contributed by atoms with van der Waals surface area (Å²) in [5.41, 5.74) is 0.991. The van der Waals surface area contributed by atoms with Crippen molar-refractivity contribution >= 4 is 29.0 Å². The predicted octanol–water partition coefficient (Wildman–Crippen LogP) is 2.46. The minimum atomic E-state index is -0.620. The molecule has 1 atom stereocenters. The van der Waals surface area contributed by atoms with E-state index in [2.05, 4.69) is 5.32 Å². The van der Waals surface area contributed by atoms with Crippen molar-refractivity contribution in [1.82, 2.24) is 0 Å². The number of hydrogen-bond donors (Lipinski definition) is 1. The highest BCUT2D eigenvalue weighted by Crippen LogP contribution is 2.16. The smallest absolute Gasteiger partial charge is 0.242 e. The van der Waals surface area contributed by atoms with Crippen molar-refractivity contribution in [2.45, 2.75) is 19.2 Å². The van der Waals surface area contributed by atoms with E-state index in [1.165, 1.54) is 6.92 Å². The molecule has 0 aromatic heterocycles. The summed E-state index contributed by atoms with van der Waals surface area (Å²) in [6, 6.07) is 6.84. The summed E-state index contributed by atoms with van der Waals surface area (Å²) in [4.78, 5) is 22.6. The van der Waals surface area contributed by atoms with E-state index in [4.69, 9.17) is 11.6 Å². The van der Waals surface area contributed by atoms with Gasteiger partial charge in [0.1, 0.15) is 5.38 Å². The summed E-state index contributed by atoms with van der Waals surface area (Å²) < 4.78 is 0. The predicted molar refractivity (Wildman–Crippen MR) is 60.4 cm³/mol. The number of para-hydroxylation sites is 1. The lowest BCUT2D eigenvalue weighted by Crippen LogP contribution is -2.21. The molecule has 1 amide bonds. The van der Waals surface area contributed by atoms with Crippen LogP contribution in [-0.2, 0) is 4.79 Å². The van der Waals surface area contributed by atoms with Gasteiger partial charge in [-0.25, -0.2) is 0 Å². The Kier molecular flexibility index (Phi) is 3.86. The third-order valence-corrected chi connectivity index (χ3v) is 2.12. The van der Waals surface area contributed by atoms with Gasteiger partial charge in [-0.15, -0.1) is 11.6 Å². The molecule has 0 heterocycles. The van der Waals surface area contributed by atoms with E-state index in [0.717, 1.165) is 0 Å². The summed E-state index contributed by atoms with van der Waals surface area (Å²) >= 11 is 5.61. The molecule has 0 aliphatic heterocycles. The second-order valence-electron chi connectivity index (χ2n) is 3.21. The van der Waals surface area contributed by atoms with Crippen LogP contribution in [0.25, 0.3) is 0 Å². The third kappa shape index (κ3) is 3.06. The summed E-state index contributed by atoms with van der Waals surface area (Å²) in [6.45, 7) is 3.03. The number of anilines is 1. The molecule has 1 N–H and O–H groups in total. The molecule has 0 radical (unpaired) electrons. The highest BCUT2D eigenvalue weighted by Gasteiger charge is 2.12. The minimum Gasteiger partial charge on any atom is -0.324 e. The zero-order valence-electron chi connectivity index (χ0n) is 8.58. The molecule has 0 bridgehead atoms. The molecular weight excluding hydrogens is 214 g/mol. The molecule has 15 heavy (non-hydrogen) atoms. The number of rotatable bonds is 3. The molecule has 0 fully saturated rings. The SMILES string of the molecule is CC(=O)c1ccccc1NC(=O)C(C)Cl. The Morgan fingerprint density at radius 1 is 1.33 bits per heavy atom. The Morgan fingerprint density at radius 3 is 2.47 bits per heavy atom. The summed E-state index contributed by atoms with van der Waals surface area (Å²) in [5.74, 6) is -0.404. The van der Waals surface area contributed by atoms with Gasteiger partial charge in [0.15, 0.2) is 5.78 Å². The van der Waals surface area contributed by atoms with Gasteiger partial charge in [0.05, 0.1) is 5.69 Å². The summed E-state index contributed by atoms with van der Waals surface area (Å²) in [6.07, 6.45) is 0. The fourth-order valence-corrected chi connectivity index (χ4v) is 1.19. The van der Waals surface area contributed by atoms with E-state index >= 15 is 0 Å². The van der Waals surface area contributed by atoms with Gasteiger partial charge in [-0.2, -0.15) is 0 Å². The molecule has 1 rings (SSSR count). The second kappa shape index (κ2) is 4.94. The van der Waals surface area contributed by atoms with Gasteiger partial charge in [-0.3, -0.25) is 9.59 Å². The highest BCUT2D eigenvalue weighted by atomic mass is 35.5. The van der Waals surface area contributed by atoms with E-state index in [1.54, 1.807) is 31.2 Å². The zero-order valence-corrected chi connectivity index (χ0v) is 9.34. The first-order valence-corrected chi connectivity index (χ1v) is 5.01. The van der Waals surface area contributed by atoms with Crippen LogP contribution in [0.1, 0.15) is 24.2 Å². The quantitative estimate of drug-likeness (QED) is 0.635. The number of alkyl halides is 1. The molecule has 1 aromatic carbocycles. The maximum atomic E-state index is 11.3. The fraction of sp³-hybridized carbons (Fsp3) is 0.273. The Bertz CT molecular complexity index is 388. The van der Waals surface area contributed by atoms with E-state index in [1.807, 2.05) is 0 Å². The number of hydrogen-bond acceptors (Lipinski definition) is 2. The molecule has 0 saturated carbocycles. The topological polar surface area (TPSA) is 46.2 Å². The average molecular weight is 226 g/mol. The van der Waals surface area contributed by atoms with Gasteiger partial charge in [-0.05, 0) is 26.0 Å². The second-order valence-corrected chi connectivity index (χ2v) is 3.86. The van der Waals surface area contributed by atoms with Crippen molar-refractivity contribution < 1.29 is 9.59 Å². The first-order valence-electron chi connectivity index (χ1n) is 4.57. The molecule has 0 spiro atoms. The summed E-state index contributed by atoms with van der Waals surface area (Å²) in [5, 5.41) is 1.98. The van der Waals surface area contributed by atoms with E-state index in [9.17, 15) is 9.59 Å². The van der Waals surface area contributed by atoms with Gasteiger partial charge in [0.25, 0.3) is 0 Å². The molecular formula is C11H12ClNO2. The Labute approximate surface area is 93.4 Å². The van der Waals surface area contributed by atoms with Crippen molar-refractivity contribution in [2.24, 2.45) is 0 Å². The number of ketones is 1. The number of carbonyl (C=O) groups excluding carboxylic acids is 2. The lowest BCUT2D eigenvalue weighted by Gasteiger charge is -2.09. The maximum absolute atomic E-state index is 11.3. The molecule has 4 heteroatoms. The maximum Gasteiger partial charge on any atom is 0.242 e. The van der Waals surface area contributed by atoms with Crippen molar-refractivity contribution in [3.8, 4) is 0 Å². The van der Waals surface area contributed by atoms with Crippen molar-refractivity contribution in [1.29, 1.82) is 0 Å². The molecule has 1 unspecified atom stereocenters. The number of halogens is 1. The van der Waals surface area contributed by atoms with Crippen LogP contribution in [0.15, 0.2) is 24.3 Å². The van der Waals surface area contributed by atoms with Crippen LogP contribution in [0.2, 0.25) is 0 Å². The number of benzene rings is 1. The number of nitrogens with one attached hydrogen (secondary N) is 1. The van der Waals surface area contributed by atoms with Gasteiger partial charge in [0.2, 0.25) is 5.91 Å². The fourth-order valence-electron chi connectivity index (χ4n) is 1.13. The lowest BCUT2D eigenvalue weighted by molar-refractivity contribution is -0.115. The lowest BCUT2D eigenvalue weighted by atomic mass is 10.1. The Hall–Kier alpha value is -1.35. The first-order chi connectivity index (χ1) is 7.02. The van der Waals surface area contributed by atoms with Gasteiger partial charge in [0, 0.05) is 5.56 Å². The van der Waals surface area contributed by atoms with Crippen LogP contribution in [0, 0.1) is 0 Å². The van der Waals surface area contributed by atoms with E-state index < -0.39 is 5.38 Å². The number of Topliss-reactive ketones (excluding diaryl/α,β-unsaturated/α-hetero) is 1. The third-order valence-electron chi connectivity index (χ3n) is 1.93. The molecule has 0 saturated heterocycles. The van der Waals surface area contributed by atoms with Crippen LogP contribution in [0.4, 0.5) is 5.69 Å². The van der Waals surface area contributed by atoms with Gasteiger partial charge in [-0.1, -0.05) is 12.1 Å². The van der Waals surface area contributed by atoms with Crippen LogP contribution < -0.4 is 5.32 Å². The first kappa shape index (κ1) is 11.7. The van der Waals surface area contributed by atoms with Crippen molar-refractivity contribution in [3.63, 3.8) is 0 Å². The van der Waals surface area contributed by atoms with Crippen LogP contribution in [0.3, 0.4) is 0 Å². The van der Waals surface area contributed by atoms with Gasteiger partial charge < -0.3 is 5.32 Å². The normalized spacial score (nSPS) is 11.9. The van der Waals surface area contributed by atoms with Gasteiger partial charge >= 0.3 is 0 Å². The highest BCUT2D eigenvalue weighted by molar-refractivity contribution is 6.32. The molecule has 80 valence electrons. The zero-order chi connectivity index (χ0) is 11.4. The Balaban J connectivity index is 2.94. The van der Waals surface area contributed by atoms with Crippen LogP contribution >= 0.6 is 11.6 Å². The largest absolute Gasteiger partial charge is 0.324 e. The van der Waals surface area contributed by atoms with Crippen molar-refractivity contribution in [2.75, 3.05) is 5.32 Å². The monoisotopic (exact) mass is 225 g/mol. The Morgan fingerprint density at radius 2 is 1.93 bits per heavy atom. The van der Waals surface area contributed by atoms with E-state index in [0.29, 0.717) is 11.3 Å². The number of amides is 1. The molecule has 0 aliphatic carbocycles. The number of carbonyl (C=O) groups is 2. The standard InChI is InChI=1S/C11H12ClNO2/c1-7(12)11(15)13-10-6-4-3-5-9(10)8(2)14/h3-7H,1-2H3,(H,13,15). The molecule has 0 aliphatic rings. The van der Waals surface area contributed by atoms with Crippen LogP contribution in [-0.4, -0.2) is 17.1 Å².